The highest BCUT2D eigenvalue weighted by Crippen LogP contribution is 2.52. The number of carbonyl (C=O) groups is 6. The number of esters is 4. The monoisotopic (exact) mass is 680 g/mol. The van der Waals surface area contributed by atoms with Gasteiger partial charge in [-0.1, -0.05) is 30.2 Å². The molecule has 5 rings (SSSR count). The molecule has 0 spiro atoms. The molecule has 7 atom stereocenters. The number of carbonyl (C=O) groups excluding carboxylic acids is 6. The molecular formula is C34H32O15. The van der Waals surface area contributed by atoms with Crippen LogP contribution in [-0.4, -0.2) is 93.7 Å². The minimum atomic E-state index is -2.06. The maximum Gasteiger partial charge on any atom is 0.303 e. The van der Waals surface area contributed by atoms with Crippen LogP contribution in [-0.2, 0) is 54.0 Å². The molecule has 1 aliphatic heterocycles. The number of aliphatic hydroxyl groups is 1. The standard InChI is InChI=1S/C34H32O15/c1-6-34(43)11-20-23(29(42)25-24(28(20)41)26(39)18-9-7-8-10-19(18)27(25)40)21(12-34)48-33-32(47-17(5)38)31(46-16(4)37)30(45-15(3)36)22(49-33)13-44-14(2)35/h1,7-10,21-22,30-33,41-43H,11-13H2,2-5H3/t21-,22+,30+,31-,32+,33+,34-/m0/s1. The summed E-state index contributed by atoms with van der Waals surface area (Å²) in [5.74, 6) is -4.19. The molecule has 0 saturated carbocycles. The quantitative estimate of drug-likeness (QED) is 0.139. The van der Waals surface area contributed by atoms with E-state index in [0.29, 0.717) is 0 Å². The van der Waals surface area contributed by atoms with Crippen LogP contribution in [0.2, 0.25) is 0 Å². The predicted octanol–water partition coefficient (Wildman–Crippen LogP) is 1.32. The summed E-state index contributed by atoms with van der Waals surface area (Å²) in [5.41, 5.74) is -3.55. The first kappa shape index (κ1) is 35.0. The van der Waals surface area contributed by atoms with E-state index < -0.39 is 120 Å². The van der Waals surface area contributed by atoms with Gasteiger partial charge in [0.15, 0.2) is 36.2 Å². The summed E-state index contributed by atoms with van der Waals surface area (Å²) in [6, 6.07) is 5.83. The largest absolute Gasteiger partial charge is 0.507 e. The molecule has 2 aromatic rings. The SMILES string of the molecule is C#C[C@]1(O)Cc2c(O)c3c(c(O)c2[C@@H](O[C@@H]2O[C@H](COC(C)=O)[C@@H](OC(C)=O)[C@H](OC(C)=O)[C@H]2OC(C)=O)C1)C(=O)c1ccccc1C3=O. The Kier molecular flexibility index (Phi) is 9.51. The average Bonchev–Trinajstić information content (AvgIpc) is 3.02. The minimum absolute atomic E-state index is 0.0111. The van der Waals surface area contributed by atoms with E-state index in [1.165, 1.54) is 24.3 Å². The molecule has 0 unspecified atom stereocenters. The molecule has 2 aliphatic carbocycles. The van der Waals surface area contributed by atoms with Crippen molar-refractivity contribution in [3.63, 3.8) is 0 Å². The lowest BCUT2D eigenvalue weighted by Gasteiger charge is -2.46. The first-order chi connectivity index (χ1) is 23.1. The number of rotatable bonds is 7. The molecular weight excluding hydrogens is 648 g/mol. The lowest BCUT2D eigenvalue weighted by Crippen LogP contribution is -2.63. The van der Waals surface area contributed by atoms with Crippen LogP contribution in [0.5, 0.6) is 11.5 Å². The van der Waals surface area contributed by atoms with Crippen LogP contribution in [0.3, 0.4) is 0 Å². The molecule has 0 aromatic heterocycles. The van der Waals surface area contributed by atoms with Gasteiger partial charge in [-0.2, -0.15) is 0 Å². The number of hydrogen-bond donors (Lipinski definition) is 3. The minimum Gasteiger partial charge on any atom is -0.507 e. The Bertz CT molecular complexity index is 1810. The second-order valence-corrected chi connectivity index (χ2v) is 11.8. The average molecular weight is 681 g/mol. The molecule has 0 bridgehead atoms. The Morgan fingerprint density at radius 1 is 0.857 bits per heavy atom. The fraction of sp³-hybridized carbons (Fsp3) is 0.412. The summed E-state index contributed by atoms with van der Waals surface area (Å²) in [7, 11) is 0. The highest BCUT2D eigenvalue weighted by Gasteiger charge is 2.55. The van der Waals surface area contributed by atoms with Crippen molar-refractivity contribution in [2.45, 2.75) is 82.9 Å². The van der Waals surface area contributed by atoms with Gasteiger partial charge in [-0.3, -0.25) is 28.8 Å². The molecule has 3 N–H and O–H groups in total. The Labute approximate surface area is 279 Å². The summed E-state index contributed by atoms with van der Waals surface area (Å²) in [4.78, 5) is 75.6. The van der Waals surface area contributed by atoms with Crippen LogP contribution in [0, 0.1) is 12.3 Å². The molecule has 49 heavy (non-hydrogen) atoms. The number of ether oxygens (including phenoxy) is 6. The molecule has 258 valence electrons. The van der Waals surface area contributed by atoms with Gasteiger partial charge in [-0.15, -0.1) is 6.42 Å². The predicted molar refractivity (Wildman–Crippen MR) is 161 cm³/mol. The fourth-order valence-electron chi connectivity index (χ4n) is 6.37. The second-order valence-electron chi connectivity index (χ2n) is 11.8. The molecule has 0 radical (unpaired) electrons. The van der Waals surface area contributed by atoms with Crippen LogP contribution < -0.4 is 0 Å². The number of phenols is 2. The zero-order valence-electron chi connectivity index (χ0n) is 26.7. The smallest absolute Gasteiger partial charge is 0.303 e. The van der Waals surface area contributed by atoms with Crippen LogP contribution in [0.25, 0.3) is 0 Å². The van der Waals surface area contributed by atoms with Crippen molar-refractivity contribution >= 4 is 35.4 Å². The van der Waals surface area contributed by atoms with Crippen molar-refractivity contribution in [1.29, 1.82) is 0 Å². The van der Waals surface area contributed by atoms with E-state index >= 15 is 0 Å². The van der Waals surface area contributed by atoms with Gasteiger partial charge >= 0.3 is 23.9 Å². The van der Waals surface area contributed by atoms with E-state index in [9.17, 15) is 44.1 Å². The summed E-state index contributed by atoms with van der Waals surface area (Å²) in [6.45, 7) is 3.65. The lowest BCUT2D eigenvalue weighted by atomic mass is 9.73. The van der Waals surface area contributed by atoms with E-state index in [1.807, 2.05) is 0 Å². The van der Waals surface area contributed by atoms with Gasteiger partial charge < -0.3 is 43.7 Å². The second kappa shape index (κ2) is 13.3. The van der Waals surface area contributed by atoms with Crippen molar-refractivity contribution in [3.05, 3.63) is 57.6 Å². The van der Waals surface area contributed by atoms with Gasteiger partial charge in [0.05, 0.1) is 17.2 Å². The van der Waals surface area contributed by atoms with Crippen molar-refractivity contribution in [1.82, 2.24) is 0 Å². The van der Waals surface area contributed by atoms with E-state index in [2.05, 4.69) is 5.92 Å². The normalized spacial score (nSPS) is 27.0. The van der Waals surface area contributed by atoms with Crippen LogP contribution >= 0.6 is 0 Å². The number of hydrogen-bond acceptors (Lipinski definition) is 15. The number of benzene rings is 2. The number of phenolic OH excluding ortho intramolecular Hbond substituents is 2. The third kappa shape index (κ3) is 6.58. The highest BCUT2D eigenvalue weighted by molar-refractivity contribution is 6.30. The van der Waals surface area contributed by atoms with E-state index in [1.54, 1.807) is 0 Å². The van der Waals surface area contributed by atoms with Crippen molar-refractivity contribution < 1.29 is 72.5 Å². The fourth-order valence-corrected chi connectivity index (χ4v) is 6.37. The van der Waals surface area contributed by atoms with Gasteiger partial charge in [-0.25, -0.2) is 0 Å². The summed E-state index contributed by atoms with van der Waals surface area (Å²) < 4.78 is 33.6. The molecule has 15 heteroatoms. The molecule has 1 heterocycles. The number of terminal acetylenes is 1. The maximum atomic E-state index is 13.6. The Hall–Kier alpha value is -5.30. The van der Waals surface area contributed by atoms with E-state index in [4.69, 9.17) is 34.8 Å². The number of aromatic hydroxyl groups is 2. The van der Waals surface area contributed by atoms with Gasteiger partial charge in [0.1, 0.15) is 29.8 Å². The van der Waals surface area contributed by atoms with Gasteiger partial charge in [0.2, 0.25) is 0 Å². The van der Waals surface area contributed by atoms with E-state index in [0.717, 1.165) is 27.7 Å². The van der Waals surface area contributed by atoms with Gasteiger partial charge in [0.25, 0.3) is 0 Å². The zero-order chi connectivity index (χ0) is 35.9. The Morgan fingerprint density at radius 3 is 1.92 bits per heavy atom. The molecule has 1 fully saturated rings. The summed E-state index contributed by atoms with van der Waals surface area (Å²) in [5, 5.41) is 34.5. The van der Waals surface area contributed by atoms with Gasteiger partial charge in [-0.05, 0) is 0 Å². The molecule has 15 nitrogen and oxygen atoms in total. The van der Waals surface area contributed by atoms with Crippen molar-refractivity contribution in [2.75, 3.05) is 6.61 Å². The first-order valence-corrected chi connectivity index (χ1v) is 15.0. The lowest BCUT2D eigenvalue weighted by molar-refractivity contribution is -0.320. The molecule has 0 amide bonds. The van der Waals surface area contributed by atoms with Crippen molar-refractivity contribution in [3.8, 4) is 23.8 Å². The third-order valence-electron chi connectivity index (χ3n) is 8.29. The Morgan fingerprint density at radius 2 is 1.39 bits per heavy atom. The zero-order valence-corrected chi connectivity index (χ0v) is 26.7. The van der Waals surface area contributed by atoms with Crippen LogP contribution in [0.15, 0.2) is 24.3 Å². The summed E-state index contributed by atoms with van der Waals surface area (Å²) >= 11 is 0. The molecule has 1 saturated heterocycles. The van der Waals surface area contributed by atoms with Crippen LogP contribution in [0.4, 0.5) is 0 Å². The third-order valence-corrected chi connectivity index (χ3v) is 8.29. The maximum absolute atomic E-state index is 13.6. The Balaban J connectivity index is 1.66. The summed E-state index contributed by atoms with van der Waals surface area (Å²) in [6.07, 6.45) is -4.83. The van der Waals surface area contributed by atoms with Crippen LogP contribution in [0.1, 0.15) is 83.2 Å². The molecule has 2 aromatic carbocycles. The topological polar surface area (TPSA) is 218 Å². The highest BCUT2D eigenvalue weighted by atomic mass is 16.7. The molecule has 3 aliphatic rings. The van der Waals surface area contributed by atoms with Gasteiger partial charge in [0, 0.05) is 62.8 Å². The van der Waals surface area contributed by atoms with Crippen molar-refractivity contribution in [2.24, 2.45) is 0 Å². The number of ketones is 2. The first-order valence-electron chi connectivity index (χ1n) is 15.0. The van der Waals surface area contributed by atoms with E-state index in [-0.39, 0.29) is 22.3 Å². The number of fused-ring (bicyclic) bond motifs is 3.